The third-order valence-electron chi connectivity index (χ3n) is 13.2. The second kappa shape index (κ2) is 23.6. The third-order valence-corrected chi connectivity index (χ3v) is 17.0. The molecule has 0 aliphatic carbocycles. The predicted octanol–water partition coefficient (Wildman–Crippen LogP) is 10.7. The number of halogens is 2. The first-order chi connectivity index (χ1) is 34.9. The highest BCUT2D eigenvalue weighted by Gasteiger charge is 2.26. The van der Waals surface area contributed by atoms with Gasteiger partial charge in [-0.2, -0.15) is 9.97 Å². The first-order valence-corrected chi connectivity index (χ1v) is 30.5. The number of rotatable bonds is 19. The van der Waals surface area contributed by atoms with Crippen molar-refractivity contribution in [2.75, 3.05) is 101 Å². The van der Waals surface area contributed by atoms with Crippen molar-refractivity contribution >= 4 is 100 Å². The number of amides is 1. The first kappa shape index (κ1) is 53.6. The lowest BCUT2D eigenvalue weighted by atomic mass is 9.89. The molecule has 4 aromatic carbocycles. The van der Waals surface area contributed by atoms with Gasteiger partial charge in [0, 0.05) is 35.2 Å². The number of nitrogens with one attached hydrogen (secondary N) is 5. The molecule has 5 N–H and O–H groups in total. The summed E-state index contributed by atoms with van der Waals surface area (Å²) in [6, 6.07) is 26.5. The molecule has 4 heterocycles. The van der Waals surface area contributed by atoms with Crippen molar-refractivity contribution in [1.82, 2.24) is 35.1 Å². The fourth-order valence-corrected chi connectivity index (χ4v) is 11.9. The summed E-state index contributed by atoms with van der Waals surface area (Å²) in [6.45, 7) is 13.7. The molecule has 386 valence electrons. The summed E-state index contributed by atoms with van der Waals surface area (Å²) in [5, 5.41) is 18.6. The molecule has 16 nitrogen and oxygen atoms in total. The molecule has 2 aromatic heterocycles. The molecular formula is C53H65Cl2N11O5P2. The second-order valence-corrected chi connectivity index (χ2v) is 26.5. The molecule has 8 rings (SSSR count). The minimum absolute atomic E-state index is 0.119. The molecule has 6 aromatic rings. The van der Waals surface area contributed by atoms with Gasteiger partial charge in [-0.15, -0.1) is 0 Å². The van der Waals surface area contributed by atoms with Crippen molar-refractivity contribution < 1.29 is 23.4 Å². The highest BCUT2D eigenvalue weighted by molar-refractivity contribution is 7.70. The van der Waals surface area contributed by atoms with Crippen LogP contribution >= 0.6 is 37.5 Å². The van der Waals surface area contributed by atoms with E-state index in [0.29, 0.717) is 104 Å². The molecular weight excluding hydrogens is 1000 g/mol. The zero-order valence-electron chi connectivity index (χ0n) is 42.5. The van der Waals surface area contributed by atoms with Crippen LogP contribution in [0.25, 0.3) is 0 Å². The van der Waals surface area contributed by atoms with Crippen LogP contribution in [-0.4, -0.2) is 122 Å². The van der Waals surface area contributed by atoms with Gasteiger partial charge in [0.05, 0.1) is 48.4 Å². The predicted molar refractivity (Wildman–Crippen MR) is 299 cm³/mol. The van der Waals surface area contributed by atoms with Gasteiger partial charge in [0.1, 0.15) is 35.8 Å². The molecule has 20 heteroatoms. The van der Waals surface area contributed by atoms with Crippen molar-refractivity contribution in [3.63, 3.8) is 0 Å². The highest BCUT2D eigenvalue weighted by Crippen LogP contribution is 2.41. The van der Waals surface area contributed by atoms with E-state index in [0.717, 1.165) is 57.5 Å². The monoisotopic (exact) mass is 1070 g/mol. The standard InChI is InChI=1S/C53H65Cl2N11O5P2/c1-8-71-45-31-35(17-19-40(45)60-52-56-33-38(54)49(63-52)58-41-13-9-11-15-46(41)72(4,5)68)34-21-28-66(29-22-34)30-25-43-48(55)50(59-42-14-10-12-16-47(42)73(6,7)69)64-53(62-43)61-39-20-18-36(32-44(39)70-3)51(67)57-37-23-26-65(2)27-24-37/h9-20,31-34,37H,8,21-30H2,1-7H3,(H,57,67)(H2,56,58,60,63)(H2,59,61,62,64). The van der Waals surface area contributed by atoms with E-state index in [-0.39, 0.29) is 17.9 Å². The summed E-state index contributed by atoms with van der Waals surface area (Å²) in [7, 11) is -1.60. The number of carbonyl (C=O) groups excluding carboxylic acids is 1. The maximum absolute atomic E-state index is 13.4. The Morgan fingerprint density at radius 2 is 1.32 bits per heavy atom. The zero-order valence-corrected chi connectivity index (χ0v) is 45.8. The van der Waals surface area contributed by atoms with Crippen LogP contribution in [0.3, 0.4) is 0 Å². The zero-order chi connectivity index (χ0) is 51.9. The molecule has 2 aliphatic heterocycles. The topological polar surface area (TPSA) is 188 Å². The fourth-order valence-electron chi connectivity index (χ4n) is 9.19. The molecule has 2 fully saturated rings. The second-order valence-electron chi connectivity index (χ2n) is 19.3. The summed E-state index contributed by atoms with van der Waals surface area (Å²) in [5.41, 5.74) is 4.93. The summed E-state index contributed by atoms with van der Waals surface area (Å²) in [4.78, 5) is 36.9. The minimum atomic E-state index is -2.68. The number of hydrogen-bond acceptors (Lipinski definition) is 15. The lowest BCUT2D eigenvalue weighted by Crippen LogP contribution is -2.43. The van der Waals surface area contributed by atoms with Crippen LogP contribution in [-0.2, 0) is 15.6 Å². The number of para-hydroxylation sites is 2. The van der Waals surface area contributed by atoms with Gasteiger partial charge >= 0.3 is 0 Å². The molecule has 2 saturated heterocycles. The van der Waals surface area contributed by atoms with E-state index >= 15 is 0 Å². The number of hydrogen-bond donors (Lipinski definition) is 5. The van der Waals surface area contributed by atoms with Gasteiger partial charge in [-0.05, 0) is 159 Å². The van der Waals surface area contributed by atoms with Crippen LogP contribution < -0.4 is 46.7 Å². The van der Waals surface area contributed by atoms with Gasteiger partial charge in [-0.1, -0.05) is 53.5 Å². The van der Waals surface area contributed by atoms with Gasteiger partial charge in [0.2, 0.25) is 11.9 Å². The van der Waals surface area contributed by atoms with Gasteiger partial charge in [-0.3, -0.25) is 4.79 Å². The average molecular weight is 1070 g/mol. The third kappa shape index (κ3) is 13.7. The van der Waals surface area contributed by atoms with E-state index in [4.69, 9.17) is 42.6 Å². The van der Waals surface area contributed by atoms with Crippen LogP contribution in [0.2, 0.25) is 10.0 Å². The summed E-state index contributed by atoms with van der Waals surface area (Å²) in [5.74, 6) is 2.68. The van der Waals surface area contributed by atoms with Crippen molar-refractivity contribution in [2.24, 2.45) is 0 Å². The number of piperidine rings is 2. The number of likely N-dealkylation sites (tertiary alicyclic amines) is 2. The van der Waals surface area contributed by atoms with Gasteiger partial charge < -0.3 is 55.0 Å². The number of nitrogens with zero attached hydrogens (tertiary/aromatic N) is 6. The molecule has 0 saturated carbocycles. The Kier molecular flexibility index (Phi) is 17.3. The Morgan fingerprint density at radius 3 is 1.96 bits per heavy atom. The molecule has 73 heavy (non-hydrogen) atoms. The fraction of sp³-hybridized carbons (Fsp3) is 0.377. The number of anilines is 8. The Morgan fingerprint density at radius 1 is 0.712 bits per heavy atom. The van der Waals surface area contributed by atoms with E-state index < -0.39 is 14.3 Å². The Bertz CT molecular complexity index is 3030. The van der Waals surface area contributed by atoms with E-state index in [1.54, 1.807) is 52.0 Å². The number of methoxy groups -OCH3 is 1. The molecule has 0 unspecified atom stereocenters. The molecule has 0 radical (unpaired) electrons. The van der Waals surface area contributed by atoms with E-state index in [2.05, 4.69) is 65.5 Å². The minimum Gasteiger partial charge on any atom is -0.495 e. The van der Waals surface area contributed by atoms with E-state index in [1.165, 1.54) is 11.8 Å². The Hall–Kier alpha value is -5.73. The van der Waals surface area contributed by atoms with Crippen LogP contribution in [0.5, 0.6) is 11.5 Å². The molecule has 0 bridgehead atoms. The molecule has 2 aliphatic rings. The van der Waals surface area contributed by atoms with Gasteiger partial charge in [-0.25, -0.2) is 9.97 Å². The maximum atomic E-state index is 13.4. The Balaban J connectivity index is 0.956. The van der Waals surface area contributed by atoms with E-state index in [9.17, 15) is 13.9 Å². The lowest BCUT2D eigenvalue weighted by Gasteiger charge is -2.32. The van der Waals surface area contributed by atoms with Crippen molar-refractivity contribution in [2.45, 2.75) is 51.0 Å². The van der Waals surface area contributed by atoms with Crippen molar-refractivity contribution in [3.05, 3.63) is 118 Å². The number of aromatic nitrogens is 4. The number of carbonyl (C=O) groups is 1. The van der Waals surface area contributed by atoms with Crippen molar-refractivity contribution in [1.29, 1.82) is 0 Å². The summed E-state index contributed by atoms with van der Waals surface area (Å²) >= 11 is 13.7. The molecule has 0 atom stereocenters. The van der Waals surface area contributed by atoms with E-state index in [1.807, 2.05) is 61.5 Å². The van der Waals surface area contributed by atoms with Crippen LogP contribution in [0.4, 0.5) is 46.3 Å². The smallest absolute Gasteiger partial charge is 0.251 e. The Labute approximate surface area is 438 Å². The summed E-state index contributed by atoms with van der Waals surface area (Å²) < 4.78 is 38.4. The SMILES string of the molecule is CCOc1cc(C2CCN(CCc3nc(Nc4ccc(C(=O)NC5CCN(C)CC5)cc4OC)nc(Nc4ccccc4P(C)(C)=O)c3Cl)CC2)ccc1Nc1ncc(Cl)c(Nc2ccccc2P(C)(C)=O)n1. The van der Waals surface area contributed by atoms with Gasteiger partial charge in [0.15, 0.2) is 11.6 Å². The number of ether oxygens (including phenoxy) is 2. The average Bonchev–Trinajstić information content (AvgIpc) is 3.36. The van der Waals surface area contributed by atoms with Crippen LogP contribution in [0, 0.1) is 0 Å². The summed E-state index contributed by atoms with van der Waals surface area (Å²) in [6.07, 6.45) is 5.74. The molecule has 1 amide bonds. The quantitative estimate of drug-likeness (QED) is 0.0482. The van der Waals surface area contributed by atoms with Crippen LogP contribution in [0.1, 0.15) is 60.1 Å². The normalized spacial score (nSPS) is 15.1. The largest absolute Gasteiger partial charge is 0.495 e. The van der Waals surface area contributed by atoms with Gasteiger partial charge in [0.25, 0.3) is 5.91 Å². The first-order valence-electron chi connectivity index (χ1n) is 24.6. The molecule has 0 spiro atoms. The van der Waals surface area contributed by atoms with Crippen LogP contribution in [0.15, 0.2) is 91.1 Å². The number of benzene rings is 4. The highest BCUT2D eigenvalue weighted by atomic mass is 35.5. The maximum Gasteiger partial charge on any atom is 0.251 e. The lowest BCUT2D eigenvalue weighted by molar-refractivity contribution is 0.0916. The van der Waals surface area contributed by atoms with Crippen molar-refractivity contribution in [3.8, 4) is 11.5 Å².